The summed E-state index contributed by atoms with van der Waals surface area (Å²) in [6, 6.07) is 11.2. The van der Waals surface area contributed by atoms with E-state index in [0.717, 1.165) is 35.7 Å². The summed E-state index contributed by atoms with van der Waals surface area (Å²) in [5.41, 5.74) is 1.01. The van der Waals surface area contributed by atoms with Crippen LogP contribution in [-0.2, 0) is 10.0 Å². The van der Waals surface area contributed by atoms with E-state index in [2.05, 4.69) is 11.6 Å². The number of hydrogen-bond donors (Lipinski definition) is 1. The number of fused-ring (bicyclic) bond motifs is 1. The number of hydrogen-bond acceptors (Lipinski definition) is 3. The molecule has 126 valence electrons. The van der Waals surface area contributed by atoms with Crippen molar-refractivity contribution in [3.8, 4) is 0 Å². The molecule has 0 saturated carbocycles. The summed E-state index contributed by atoms with van der Waals surface area (Å²) in [6.07, 6.45) is 2.60. The van der Waals surface area contributed by atoms with Crippen LogP contribution in [0, 0.1) is 0 Å². The SMILES string of the molecule is CCCC(CC)NS(=O)(=O)c1cccc2c(N(C)C)cccc12. The molecule has 0 amide bonds. The van der Waals surface area contributed by atoms with E-state index >= 15 is 0 Å². The Labute approximate surface area is 139 Å². The van der Waals surface area contributed by atoms with Crippen molar-refractivity contribution >= 4 is 26.5 Å². The summed E-state index contributed by atoms with van der Waals surface area (Å²) < 4.78 is 28.6. The predicted molar refractivity (Wildman–Crippen MR) is 97.6 cm³/mol. The Kier molecular flexibility index (Phi) is 5.65. The van der Waals surface area contributed by atoms with Crippen LogP contribution in [0.1, 0.15) is 33.1 Å². The maximum Gasteiger partial charge on any atom is 0.241 e. The van der Waals surface area contributed by atoms with Crippen molar-refractivity contribution < 1.29 is 8.42 Å². The van der Waals surface area contributed by atoms with Crippen LogP contribution in [0.15, 0.2) is 41.3 Å². The predicted octanol–water partition coefficient (Wildman–Crippen LogP) is 3.76. The number of benzene rings is 2. The lowest BCUT2D eigenvalue weighted by atomic mass is 10.1. The number of rotatable bonds is 7. The van der Waals surface area contributed by atoms with Gasteiger partial charge in [-0.2, -0.15) is 0 Å². The average molecular weight is 334 g/mol. The molecule has 0 spiro atoms. The maximum atomic E-state index is 12.8. The van der Waals surface area contributed by atoms with Gasteiger partial charge in [-0.25, -0.2) is 13.1 Å². The van der Waals surface area contributed by atoms with Crippen LogP contribution in [0.2, 0.25) is 0 Å². The van der Waals surface area contributed by atoms with E-state index < -0.39 is 10.0 Å². The largest absolute Gasteiger partial charge is 0.377 e. The first-order valence-corrected chi connectivity index (χ1v) is 9.60. The third-order valence-electron chi connectivity index (χ3n) is 4.08. The molecule has 2 rings (SSSR count). The Morgan fingerprint density at radius 2 is 1.70 bits per heavy atom. The van der Waals surface area contributed by atoms with Crippen molar-refractivity contribution in [1.82, 2.24) is 4.72 Å². The van der Waals surface area contributed by atoms with Gasteiger partial charge in [0.1, 0.15) is 0 Å². The van der Waals surface area contributed by atoms with Crippen LogP contribution >= 0.6 is 0 Å². The molecule has 23 heavy (non-hydrogen) atoms. The number of anilines is 1. The van der Waals surface area contributed by atoms with Gasteiger partial charge in [0.05, 0.1) is 4.90 Å². The second-order valence-electron chi connectivity index (χ2n) is 6.04. The van der Waals surface area contributed by atoms with Gasteiger partial charge in [-0.1, -0.05) is 44.5 Å². The fraction of sp³-hybridized carbons (Fsp3) is 0.444. The van der Waals surface area contributed by atoms with Crippen LogP contribution in [0.3, 0.4) is 0 Å². The molecule has 0 radical (unpaired) electrons. The number of nitrogens with zero attached hydrogens (tertiary/aromatic N) is 1. The Hall–Kier alpha value is -1.59. The van der Waals surface area contributed by atoms with Gasteiger partial charge in [0.15, 0.2) is 0 Å². The highest BCUT2D eigenvalue weighted by Crippen LogP contribution is 2.30. The molecule has 2 aromatic carbocycles. The second-order valence-corrected chi connectivity index (χ2v) is 7.72. The fourth-order valence-corrected chi connectivity index (χ4v) is 4.44. The molecular weight excluding hydrogens is 308 g/mol. The van der Waals surface area contributed by atoms with Crippen molar-refractivity contribution in [3.63, 3.8) is 0 Å². The lowest BCUT2D eigenvalue weighted by Gasteiger charge is -2.19. The van der Waals surface area contributed by atoms with Gasteiger partial charge in [0.25, 0.3) is 0 Å². The zero-order chi connectivity index (χ0) is 17.0. The van der Waals surface area contributed by atoms with Crippen molar-refractivity contribution in [2.45, 2.75) is 44.0 Å². The van der Waals surface area contributed by atoms with E-state index in [1.54, 1.807) is 6.07 Å². The molecule has 0 saturated heterocycles. The highest BCUT2D eigenvalue weighted by Gasteiger charge is 2.21. The molecule has 0 heterocycles. The molecule has 1 unspecified atom stereocenters. The summed E-state index contributed by atoms with van der Waals surface area (Å²) in [4.78, 5) is 2.35. The summed E-state index contributed by atoms with van der Waals surface area (Å²) >= 11 is 0. The van der Waals surface area contributed by atoms with Gasteiger partial charge in [0, 0.05) is 36.6 Å². The smallest absolute Gasteiger partial charge is 0.241 e. The summed E-state index contributed by atoms with van der Waals surface area (Å²) in [5.74, 6) is 0. The quantitative estimate of drug-likeness (QED) is 0.838. The Balaban J connectivity index is 2.53. The minimum atomic E-state index is -3.53. The van der Waals surface area contributed by atoms with Crippen molar-refractivity contribution in [2.24, 2.45) is 0 Å². The van der Waals surface area contributed by atoms with E-state index in [4.69, 9.17) is 0 Å². The van der Waals surface area contributed by atoms with Gasteiger partial charge in [-0.15, -0.1) is 0 Å². The molecule has 2 aromatic rings. The standard InChI is InChI=1S/C18H26N2O2S/c1-5-9-14(6-2)19-23(21,22)18-13-8-10-15-16(18)11-7-12-17(15)20(3)4/h7-8,10-14,19H,5-6,9H2,1-4H3. The first-order valence-electron chi connectivity index (χ1n) is 8.12. The van der Waals surface area contributed by atoms with E-state index in [1.165, 1.54) is 0 Å². The van der Waals surface area contributed by atoms with E-state index in [-0.39, 0.29) is 6.04 Å². The highest BCUT2D eigenvalue weighted by atomic mass is 32.2. The maximum absolute atomic E-state index is 12.8. The molecule has 0 fully saturated rings. The third-order valence-corrected chi connectivity index (χ3v) is 5.66. The van der Waals surface area contributed by atoms with E-state index in [0.29, 0.717) is 4.90 Å². The molecule has 0 aliphatic rings. The van der Waals surface area contributed by atoms with E-state index in [1.807, 2.05) is 56.3 Å². The zero-order valence-electron chi connectivity index (χ0n) is 14.3. The van der Waals surface area contributed by atoms with Gasteiger partial charge in [0.2, 0.25) is 10.0 Å². The molecule has 1 atom stereocenters. The van der Waals surface area contributed by atoms with Gasteiger partial charge < -0.3 is 4.90 Å². The van der Waals surface area contributed by atoms with Gasteiger partial charge in [-0.05, 0) is 25.0 Å². The number of sulfonamides is 1. The Bertz CT molecular complexity index is 770. The molecular formula is C18H26N2O2S. The number of nitrogens with one attached hydrogen (secondary N) is 1. The van der Waals surface area contributed by atoms with Crippen LogP contribution in [-0.4, -0.2) is 28.6 Å². The van der Waals surface area contributed by atoms with Crippen molar-refractivity contribution in [3.05, 3.63) is 36.4 Å². The van der Waals surface area contributed by atoms with Crippen LogP contribution in [0.25, 0.3) is 10.8 Å². The van der Waals surface area contributed by atoms with Gasteiger partial charge in [-0.3, -0.25) is 0 Å². The van der Waals surface area contributed by atoms with Crippen LogP contribution in [0.4, 0.5) is 5.69 Å². The molecule has 0 bridgehead atoms. The molecule has 0 aromatic heterocycles. The van der Waals surface area contributed by atoms with Crippen LogP contribution in [0.5, 0.6) is 0 Å². The van der Waals surface area contributed by atoms with Crippen molar-refractivity contribution in [1.29, 1.82) is 0 Å². The highest BCUT2D eigenvalue weighted by molar-refractivity contribution is 7.89. The first kappa shape index (κ1) is 17.8. The Morgan fingerprint density at radius 3 is 2.30 bits per heavy atom. The topological polar surface area (TPSA) is 49.4 Å². The molecule has 0 aliphatic carbocycles. The summed E-state index contributed by atoms with van der Waals surface area (Å²) in [7, 11) is 0.390. The van der Waals surface area contributed by atoms with E-state index in [9.17, 15) is 8.42 Å². The Morgan fingerprint density at radius 1 is 1.04 bits per heavy atom. The normalized spacial score (nSPS) is 13.2. The minimum absolute atomic E-state index is 0.0164. The van der Waals surface area contributed by atoms with Crippen molar-refractivity contribution in [2.75, 3.05) is 19.0 Å². The summed E-state index contributed by atoms with van der Waals surface area (Å²) in [6.45, 7) is 4.08. The summed E-state index contributed by atoms with van der Waals surface area (Å²) in [5, 5.41) is 1.71. The third kappa shape index (κ3) is 3.85. The zero-order valence-corrected chi connectivity index (χ0v) is 15.2. The molecule has 5 heteroatoms. The monoisotopic (exact) mass is 334 g/mol. The molecule has 1 N–H and O–H groups in total. The lowest BCUT2D eigenvalue weighted by Crippen LogP contribution is -2.34. The second kappa shape index (κ2) is 7.32. The van der Waals surface area contributed by atoms with Crippen LogP contribution < -0.4 is 9.62 Å². The molecule has 4 nitrogen and oxygen atoms in total. The molecule has 0 aliphatic heterocycles. The first-order chi connectivity index (χ1) is 10.9. The fourth-order valence-electron chi connectivity index (χ4n) is 2.87. The minimum Gasteiger partial charge on any atom is -0.377 e. The average Bonchev–Trinajstić information content (AvgIpc) is 2.52. The lowest BCUT2D eigenvalue weighted by molar-refractivity contribution is 0.513. The van der Waals surface area contributed by atoms with Gasteiger partial charge >= 0.3 is 0 Å².